The van der Waals surface area contributed by atoms with Crippen molar-refractivity contribution < 1.29 is 13.9 Å². The molecule has 0 saturated carbocycles. The number of ether oxygens (including phenoxy) is 1. The van der Waals surface area contributed by atoms with Crippen LogP contribution >= 0.6 is 15.9 Å². The van der Waals surface area contributed by atoms with E-state index in [0.717, 1.165) is 28.6 Å². The van der Waals surface area contributed by atoms with E-state index >= 15 is 0 Å². The van der Waals surface area contributed by atoms with Gasteiger partial charge in [-0.15, -0.1) is 0 Å². The summed E-state index contributed by atoms with van der Waals surface area (Å²) < 4.78 is 12.8. The third-order valence-electron chi connectivity index (χ3n) is 6.34. The van der Waals surface area contributed by atoms with Crippen LogP contribution in [-0.2, 0) is 0 Å². The Kier molecular flexibility index (Phi) is 6.73. The molecule has 1 unspecified atom stereocenters. The molecule has 5 nitrogen and oxygen atoms in total. The van der Waals surface area contributed by atoms with Crippen LogP contribution in [0.25, 0.3) is 11.0 Å². The van der Waals surface area contributed by atoms with Gasteiger partial charge in [0.15, 0.2) is 5.43 Å². The van der Waals surface area contributed by atoms with Crippen molar-refractivity contribution in [3.8, 4) is 5.75 Å². The number of hydrogen-bond donors (Lipinski definition) is 0. The van der Waals surface area contributed by atoms with Crippen LogP contribution in [0.2, 0.25) is 0 Å². The molecular formula is C29H26BrNO4. The van der Waals surface area contributed by atoms with E-state index in [0.29, 0.717) is 28.8 Å². The normalized spacial score (nSPS) is 15.0. The van der Waals surface area contributed by atoms with E-state index in [4.69, 9.17) is 9.15 Å². The van der Waals surface area contributed by atoms with Crippen molar-refractivity contribution in [2.45, 2.75) is 38.6 Å². The summed E-state index contributed by atoms with van der Waals surface area (Å²) in [6, 6.07) is 21.6. The number of anilines is 1. The van der Waals surface area contributed by atoms with E-state index < -0.39 is 6.04 Å². The number of fused-ring (bicyclic) bond motifs is 2. The van der Waals surface area contributed by atoms with E-state index in [1.807, 2.05) is 48.5 Å². The second-order valence-corrected chi connectivity index (χ2v) is 9.62. The molecule has 0 radical (unpaired) electrons. The molecule has 6 heteroatoms. The van der Waals surface area contributed by atoms with Crippen LogP contribution in [0.4, 0.5) is 5.69 Å². The fourth-order valence-corrected chi connectivity index (χ4v) is 4.83. The summed E-state index contributed by atoms with van der Waals surface area (Å²) in [5.74, 6) is 0.542. The Morgan fingerprint density at radius 1 is 0.914 bits per heavy atom. The molecule has 1 aliphatic heterocycles. The number of hydrogen-bond acceptors (Lipinski definition) is 4. The van der Waals surface area contributed by atoms with Gasteiger partial charge in [0.25, 0.3) is 5.91 Å². The van der Waals surface area contributed by atoms with Crippen molar-refractivity contribution in [3.63, 3.8) is 0 Å². The van der Waals surface area contributed by atoms with Crippen molar-refractivity contribution in [2.75, 3.05) is 11.5 Å². The minimum absolute atomic E-state index is 0.0952. The number of carbonyl (C=O) groups is 1. The van der Waals surface area contributed by atoms with Crippen molar-refractivity contribution >= 4 is 38.5 Å². The minimum atomic E-state index is -0.599. The maximum Gasteiger partial charge on any atom is 0.295 e. The smallest absolute Gasteiger partial charge is 0.295 e. The third-order valence-corrected chi connectivity index (χ3v) is 6.87. The van der Waals surface area contributed by atoms with Gasteiger partial charge in [-0.25, -0.2) is 0 Å². The monoisotopic (exact) mass is 531 g/mol. The lowest BCUT2D eigenvalue weighted by atomic mass is 9.98. The van der Waals surface area contributed by atoms with E-state index in [9.17, 15) is 9.59 Å². The molecule has 0 aliphatic carbocycles. The van der Waals surface area contributed by atoms with Crippen molar-refractivity contribution in [3.05, 3.63) is 104 Å². The first-order valence-electron chi connectivity index (χ1n) is 12.0. The van der Waals surface area contributed by atoms with Gasteiger partial charge in [0.2, 0.25) is 5.76 Å². The highest BCUT2D eigenvalue weighted by Crippen LogP contribution is 2.41. The molecule has 4 aromatic rings. The highest BCUT2D eigenvalue weighted by molar-refractivity contribution is 9.10. The SMILES string of the molecule is CCCCCCOc1ccc(C2c3c(oc4ccccc4c3=O)C(=O)N2c2ccc(Br)cc2)cc1. The molecule has 2 heterocycles. The third kappa shape index (κ3) is 4.50. The number of nitrogens with zero attached hydrogens (tertiary/aromatic N) is 1. The molecule has 178 valence electrons. The molecule has 1 aromatic heterocycles. The number of unbranched alkanes of at least 4 members (excludes halogenated alkanes) is 3. The summed E-state index contributed by atoms with van der Waals surface area (Å²) in [7, 11) is 0. The lowest BCUT2D eigenvalue weighted by Gasteiger charge is -2.25. The summed E-state index contributed by atoms with van der Waals surface area (Å²) in [5.41, 5.74) is 2.10. The van der Waals surface area contributed by atoms with Crippen LogP contribution in [0, 0.1) is 0 Å². The molecule has 0 bridgehead atoms. The fraction of sp³-hybridized carbons (Fsp3) is 0.241. The highest BCUT2D eigenvalue weighted by Gasteiger charge is 2.43. The van der Waals surface area contributed by atoms with Gasteiger partial charge in [-0.1, -0.05) is 66.4 Å². The lowest BCUT2D eigenvalue weighted by Crippen LogP contribution is -2.29. The molecule has 3 aromatic carbocycles. The van der Waals surface area contributed by atoms with Gasteiger partial charge in [0.1, 0.15) is 11.3 Å². The van der Waals surface area contributed by atoms with Crippen LogP contribution in [0.1, 0.15) is 60.3 Å². The minimum Gasteiger partial charge on any atom is -0.494 e. The zero-order valence-corrected chi connectivity index (χ0v) is 21.1. The summed E-state index contributed by atoms with van der Waals surface area (Å²) in [4.78, 5) is 28.9. The second kappa shape index (κ2) is 10.1. The van der Waals surface area contributed by atoms with Gasteiger partial charge in [-0.3, -0.25) is 14.5 Å². The number of halogens is 1. The van der Waals surface area contributed by atoms with E-state index in [-0.39, 0.29) is 17.1 Å². The van der Waals surface area contributed by atoms with Crippen molar-refractivity contribution in [1.29, 1.82) is 0 Å². The molecular weight excluding hydrogens is 506 g/mol. The maximum atomic E-state index is 13.6. The zero-order chi connectivity index (χ0) is 24.4. The predicted molar refractivity (Wildman–Crippen MR) is 141 cm³/mol. The average molecular weight is 532 g/mol. The molecule has 1 aliphatic rings. The standard InChI is InChI=1S/C29H26BrNO4/c1-2-3-4-7-18-34-22-16-10-19(11-17-22)26-25-27(32)23-8-5-6-9-24(23)35-28(25)29(33)31(26)21-14-12-20(30)13-15-21/h5-6,8-17,26H,2-4,7,18H2,1H3. The molecule has 0 spiro atoms. The quantitative estimate of drug-likeness (QED) is 0.224. The fourth-order valence-electron chi connectivity index (χ4n) is 4.57. The van der Waals surface area contributed by atoms with Gasteiger partial charge in [-0.05, 0) is 60.5 Å². The van der Waals surface area contributed by atoms with E-state index in [1.54, 1.807) is 29.2 Å². The van der Waals surface area contributed by atoms with Gasteiger partial charge in [0.05, 0.1) is 23.6 Å². The van der Waals surface area contributed by atoms with Crippen LogP contribution in [0.5, 0.6) is 5.75 Å². The molecule has 0 saturated heterocycles. The van der Waals surface area contributed by atoms with Crippen molar-refractivity contribution in [1.82, 2.24) is 0 Å². The van der Waals surface area contributed by atoms with Crippen molar-refractivity contribution in [2.24, 2.45) is 0 Å². The summed E-state index contributed by atoms with van der Waals surface area (Å²) in [5, 5.41) is 0.466. The van der Waals surface area contributed by atoms with Crippen LogP contribution in [0.15, 0.2) is 86.5 Å². The van der Waals surface area contributed by atoms with Gasteiger partial charge in [-0.2, -0.15) is 0 Å². The van der Waals surface area contributed by atoms with E-state index in [1.165, 1.54) is 12.8 Å². The Bertz CT molecular complexity index is 1410. The lowest BCUT2D eigenvalue weighted by molar-refractivity contribution is 0.0971. The Balaban J connectivity index is 1.55. The molecule has 35 heavy (non-hydrogen) atoms. The number of benzene rings is 3. The summed E-state index contributed by atoms with van der Waals surface area (Å²) in [6.07, 6.45) is 4.57. The Morgan fingerprint density at radius 2 is 1.66 bits per heavy atom. The first-order valence-corrected chi connectivity index (χ1v) is 12.8. The van der Waals surface area contributed by atoms with Gasteiger partial charge >= 0.3 is 0 Å². The molecule has 5 rings (SSSR count). The second-order valence-electron chi connectivity index (χ2n) is 8.70. The zero-order valence-electron chi connectivity index (χ0n) is 19.5. The van der Waals surface area contributed by atoms with Gasteiger partial charge < -0.3 is 9.15 Å². The number of para-hydroxylation sites is 1. The molecule has 1 amide bonds. The Labute approximate surface area is 212 Å². The molecule has 1 atom stereocenters. The van der Waals surface area contributed by atoms with Crippen LogP contribution < -0.4 is 15.1 Å². The van der Waals surface area contributed by atoms with Crippen LogP contribution in [0.3, 0.4) is 0 Å². The topological polar surface area (TPSA) is 59.8 Å². The Hall–Kier alpha value is -3.38. The van der Waals surface area contributed by atoms with Gasteiger partial charge in [0, 0.05) is 10.2 Å². The first-order chi connectivity index (χ1) is 17.1. The number of rotatable bonds is 8. The van der Waals surface area contributed by atoms with E-state index in [2.05, 4.69) is 22.9 Å². The highest BCUT2D eigenvalue weighted by atomic mass is 79.9. The first kappa shape index (κ1) is 23.4. The molecule has 0 fully saturated rings. The van der Waals surface area contributed by atoms with Crippen LogP contribution in [-0.4, -0.2) is 12.5 Å². The Morgan fingerprint density at radius 3 is 2.40 bits per heavy atom. The average Bonchev–Trinajstić information content (AvgIpc) is 3.17. The maximum absolute atomic E-state index is 13.6. The molecule has 0 N–H and O–H groups in total. The summed E-state index contributed by atoms with van der Waals surface area (Å²) in [6.45, 7) is 2.86. The largest absolute Gasteiger partial charge is 0.494 e. The predicted octanol–water partition coefficient (Wildman–Crippen LogP) is 7.26. The summed E-state index contributed by atoms with van der Waals surface area (Å²) >= 11 is 3.46. The number of amides is 1. The number of carbonyl (C=O) groups excluding carboxylic acids is 1.